The fourth-order valence-electron chi connectivity index (χ4n) is 0.633. The zero-order chi connectivity index (χ0) is 11.6. The third kappa shape index (κ3) is 7.47. The molecule has 0 aliphatic carbocycles. The first-order valence-corrected chi connectivity index (χ1v) is 5.10. The molecule has 0 bridgehead atoms. The Bertz CT molecular complexity index is 232. The maximum Gasteiger partial charge on any atom is 0.157 e. The van der Waals surface area contributed by atoms with Crippen LogP contribution in [0.2, 0.25) is 0 Å². The molecule has 1 rings (SSSR count). The first-order chi connectivity index (χ1) is 6.61. The van der Waals surface area contributed by atoms with Gasteiger partial charge >= 0.3 is 0 Å². The summed E-state index contributed by atoms with van der Waals surface area (Å²) < 4.78 is 0. The molecule has 1 aromatic carbocycles. The van der Waals surface area contributed by atoms with Crippen LogP contribution in [0.15, 0.2) is 18.2 Å². The molecule has 2 heteroatoms. The molecule has 0 fully saturated rings. The van der Waals surface area contributed by atoms with Gasteiger partial charge in [-0.1, -0.05) is 40.2 Å². The number of phenolic OH excluding ortho intramolecular Hbond substituents is 2. The number of aromatic hydroxyl groups is 2. The zero-order valence-electron chi connectivity index (χ0n) is 9.83. The van der Waals surface area contributed by atoms with Gasteiger partial charge in [-0.05, 0) is 24.6 Å². The van der Waals surface area contributed by atoms with Crippen LogP contribution in [0.4, 0.5) is 0 Å². The summed E-state index contributed by atoms with van der Waals surface area (Å²) in [6.45, 7) is 10.1. The number of benzene rings is 1. The summed E-state index contributed by atoms with van der Waals surface area (Å²) in [7, 11) is 0. The van der Waals surface area contributed by atoms with E-state index < -0.39 is 0 Å². The zero-order valence-corrected chi connectivity index (χ0v) is 9.83. The van der Waals surface area contributed by atoms with Crippen LogP contribution in [0.1, 0.15) is 39.7 Å². The lowest BCUT2D eigenvalue weighted by molar-refractivity contribution is 0.403. The second-order valence-corrected chi connectivity index (χ2v) is 2.70. The van der Waals surface area contributed by atoms with Crippen LogP contribution >= 0.6 is 0 Å². The molecule has 0 radical (unpaired) electrons. The van der Waals surface area contributed by atoms with Crippen LogP contribution in [0.3, 0.4) is 0 Å². The monoisotopic (exact) mass is 198 g/mol. The Morgan fingerprint density at radius 2 is 1.43 bits per heavy atom. The minimum Gasteiger partial charge on any atom is -0.504 e. The lowest BCUT2D eigenvalue weighted by Crippen LogP contribution is -1.70. The first-order valence-electron chi connectivity index (χ1n) is 5.10. The average Bonchev–Trinajstić information content (AvgIpc) is 2.17. The highest BCUT2D eigenvalue weighted by Gasteiger charge is 1.94. The Balaban J connectivity index is 0. The summed E-state index contributed by atoms with van der Waals surface area (Å²) in [5.74, 6) is -0.129. The lowest BCUT2D eigenvalue weighted by Gasteiger charge is -1.95. The van der Waals surface area contributed by atoms with Crippen LogP contribution in [-0.2, 0) is 0 Å². The second kappa shape index (κ2) is 9.90. The average molecular weight is 198 g/mol. The summed E-state index contributed by atoms with van der Waals surface area (Å²) in [6, 6.07) is 4.70. The van der Waals surface area contributed by atoms with Crippen LogP contribution in [0, 0.1) is 6.92 Å². The van der Waals surface area contributed by atoms with E-state index in [1.54, 1.807) is 6.07 Å². The van der Waals surface area contributed by atoms with Gasteiger partial charge in [-0.25, -0.2) is 0 Å². The van der Waals surface area contributed by atoms with E-state index in [0.717, 1.165) is 5.56 Å². The van der Waals surface area contributed by atoms with E-state index in [2.05, 4.69) is 13.8 Å². The molecule has 0 spiro atoms. The van der Waals surface area contributed by atoms with Crippen molar-refractivity contribution in [2.24, 2.45) is 0 Å². The maximum absolute atomic E-state index is 8.85. The predicted molar refractivity (Wildman–Crippen MR) is 61.8 cm³/mol. The maximum atomic E-state index is 8.85. The van der Waals surface area contributed by atoms with Gasteiger partial charge in [0, 0.05) is 0 Å². The van der Waals surface area contributed by atoms with Gasteiger partial charge in [0.1, 0.15) is 0 Å². The Morgan fingerprint density at radius 1 is 1.00 bits per heavy atom. The highest BCUT2D eigenvalue weighted by Crippen LogP contribution is 2.23. The van der Waals surface area contributed by atoms with Gasteiger partial charge < -0.3 is 10.2 Å². The molecule has 0 saturated carbocycles. The molecule has 0 atom stereocenters. The topological polar surface area (TPSA) is 40.5 Å². The normalized spacial score (nSPS) is 7.79. The van der Waals surface area contributed by atoms with E-state index in [9.17, 15) is 0 Å². The van der Waals surface area contributed by atoms with E-state index in [1.165, 1.54) is 18.6 Å². The third-order valence-corrected chi connectivity index (χ3v) is 1.13. The largest absolute Gasteiger partial charge is 0.504 e. The fraction of sp³-hybridized carbons (Fsp3) is 0.500. The predicted octanol–water partition coefficient (Wildman–Crippen LogP) is 3.85. The SMILES string of the molecule is CC.CCC.Cc1ccc(O)c(O)c1. The molecule has 2 N–H and O–H groups in total. The number of hydrogen-bond acceptors (Lipinski definition) is 2. The molecule has 1 aromatic rings. The van der Waals surface area contributed by atoms with Gasteiger partial charge in [-0.15, -0.1) is 0 Å². The summed E-state index contributed by atoms with van der Waals surface area (Å²) in [6.07, 6.45) is 1.25. The van der Waals surface area contributed by atoms with Crippen molar-refractivity contribution in [3.63, 3.8) is 0 Å². The van der Waals surface area contributed by atoms with E-state index >= 15 is 0 Å². The molecule has 0 unspecified atom stereocenters. The number of hydrogen-bond donors (Lipinski definition) is 2. The quantitative estimate of drug-likeness (QED) is 0.622. The summed E-state index contributed by atoms with van der Waals surface area (Å²) in [5.41, 5.74) is 0.935. The minimum atomic E-state index is -0.0689. The first kappa shape index (κ1) is 15.3. The highest BCUT2D eigenvalue weighted by molar-refractivity contribution is 5.39. The van der Waals surface area contributed by atoms with Gasteiger partial charge in [-0.2, -0.15) is 0 Å². The Labute approximate surface area is 87.2 Å². The van der Waals surface area contributed by atoms with Crippen molar-refractivity contribution >= 4 is 0 Å². The van der Waals surface area contributed by atoms with Crippen LogP contribution in [0.5, 0.6) is 11.5 Å². The van der Waals surface area contributed by atoms with Gasteiger partial charge in [0.2, 0.25) is 0 Å². The van der Waals surface area contributed by atoms with Crippen LogP contribution < -0.4 is 0 Å². The van der Waals surface area contributed by atoms with Crippen LogP contribution in [-0.4, -0.2) is 10.2 Å². The van der Waals surface area contributed by atoms with E-state index in [4.69, 9.17) is 10.2 Å². The van der Waals surface area contributed by atoms with Crippen molar-refractivity contribution in [1.29, 1.82) is 0 Å². The smallest absolute Gasteiger partial charge is 0.157 e. The molecule has 82 valence electrons. The van der Waals surface area contributed by atoms with Crippen molar-refractivity contribution in [2.45, 2.75) is 41.0 Å². The Morgan fingerprint density at radius 3 is 1.71 bits per heavy atom. The Hall–Kier alpha value is -1.18. The molecule has 0 saturated heterocycles. The van der Waals surface area contributed by atoms with Crippen molar-refractivity contribution in [3.8, 4) is 11.5 Å². The van der Waals surface area contributed by atoms with Gasteiger partial charge in [-0.3, -0.25) is 0 Å². The van der Waals surface area contributed by atoms with Crippen molar-refractivity contribution in [1.82, 2.24) is 0 Å². The fourth-order valence-corrected chi connectivity index (χ4v) is 0.633. The van der Waals surface area contributed by atoms with Crippen LogP contribution in [0.25, 0.3) is 0 Å². The molecule has 0 aromatic heterocycles. The lowest BCUT2D eigenvalue weighted by atomic mass is 10.2. The molecule has 0 aliphatic heterocycles. The van der Waals surface area contributed by atoms with Gasteiger partial charge in [0.15, 0.2) is 11.5 Å². The molecule has 14 heavy (non-hydrogen) atoms. The second-order valence-electron chi connectivity index (χ2n) is 2.70. The molecule has 0 amide bonds. The third-order valence-electron chi connectivity index (χ3n) is 1.13. The molecule has 2 nitrogen and oxygen atoms in total. The number of aryl methyl sites for hydroxylation is 1. The van der Waals surface area contributed by atoms with Crippen molar-refractivity contribution in [3.05, 3.63) is 23.8 Å². The van der Waals surface area contributed by atoms with E-state index in [0.29, 0.717) is 0 Å². The van der Waals surface area contributed by atoms with Crippen molar-refractivity contribution < 1.29 is 10.2 Å². The van der Waals surface area contributed by atoms with E-state index in [-0.39, 0.29) is 11.5 Å². The summed E-state index contributed by atoms with van der Waals surface area (Å²) >= 11 is 0. The molecular weight excluding hydrogens is 176 g/mol. The number of phenols is 2. The number of rotatable bonds is 0. The Kier molecular flexibility index (Phi) is 10.8. The molecule has 0 aliphatic rings. The van der Waals surface area contributed by atoms with Crippen molar-refractivity contribution in [2.75, 3.05) is 0 Å². The standard InChI is InChI=1S/C7H8O2.C3H8.C2H6/c1-5-2-3-6(8)7(9)4-5;1-3-2;1-2/h2-4,8-9H,1H3;3H2,1-2H3;1-2H3. The van der Waals surface area contributed by atoms with E-state index in [1.807, 2.05) is 20.8 Å². The van der Waals surface area contributed by atoms with Gasteiger partial charge in [0.25, 0.3) is 0 Å². The summed E-state index contributed by atoms with van der Waals surface area (Å²) in [5, 5.41) is 17.6. The molecule has 0 heterocycles. The highest BCUT2D eigenvalue weighted by atomic mass is 16.3. The minimum absolute atomic E-state index is 0.0602. The summed E-state index contributed by atoms with van der Waals surface area (Å²) in [4.78, 5) is 0. The van der Waals surface area contributed by atoms with Gasteiger partial charge in [0.05, 0.1) is 0 Å². The molecular formula is C12H22O2.